The van der Waals surface area contributed by atoms with Crippen LogP contribution >= 0.6 is 11.6 Å². The Morgan fingerprint density at radius 3 is 2.88 bits per heavy atom. The van der Waals surface area contributed by atoms with Crippen LogP contribution in [0.25, 0.3) is 0 Å². The molecule has 0 aliphatic rings. The molecule has 2 aromatic rings. The Morgan fingerprint density at radius 1 is 1.35 bits per heavy atom. The van der Waals surface area contributed by atoms with Gasteiger partial charge in [0.1, 0.15) is 11.5 Å². The Balaban J connectivity index is 2.23. The van der Waals surface area contributed by atoms with E-state index in [1.165, 1.54) is 18.3 Å². The Hall–Kier alpha value is -2.14. The maximum absolute atomic E-state index is 11.8. The number of pyridine rings is 2. The summed E-state index contributed by atoms with van der Waals surface area (Å²) in [5.74, 6) is -0.180. The predicted octanol–water partition coefficient (Wildman–Crippen LogP) is 1.96. The van der Waals surface area contributed by atoms with Gasteiger partial charge in [-0.2, -0.15) is 0 Å². The second kappa shape index (κ2) is 4.80. The minimum atomic E-state index is -0.421. The van der Waals surface area contributed by atoms with Crippen molar-refractivity contribution in [2.45, 2.75) is 0 Å². The highest BCUT2D eigenvalue weighted by Crippen LogP contribution is 2.16. The van der Waals surface area contributed by atoms with Crippen molar-refractivity contribution in [1.29, 1.82) is 0 Å². The predicted molar refractivity (Wildman–Crippen MR) is 65.8 cm³/mol. The third kappa shape index (κ3) is 2.70. The van der Waals surface area contributed by atoms with Crippen LogP contribution in [0.2, 0.25) is 5.02 Å². The van der Waals surface area contributed by atoms with Gasteiger partial charge in [0.25, 0.3) is 5.91 Å². The van der Waals surface area contributed by atoms with E-state index < -0.39 is 5.91 Å². The standard InChI is InChI=1S/C11H9ClN4O/c12-8-3-4-9(13)16-10(8)11(17)15-7-2-1-5-14-6-7/h1-6H,(H2,13,16)(H,15,17). The highest BCUT2D eigenvalue weighted by molar-refractivity contribution is 6.34. The van der Waals surface area contributed by atoms with Crippen LogP contribution in [-0.4, -0.2) is 15.9 Å². The van der Waals surface area contributed by atoms with Crippen LogP contribution in [0.5, 0.6) is 0 Å². The molecule has 1 amide bonds. The highest BCUT2D eigenvalue weighted by Gasteiger charge is 2.12. The van der Waals surface area contributed by atoms with Gasteiger partial charge < -0.3 is 11.1 Å². The number of hydrogen-bond donors (Lipinski definition) is 2. The van der Waals surface area contributed by atoms with Crippen LogP contribution in [0.1, 0.15) is 10.5 Å². The van der Waals surface area contributed by atoms with Gasteiger partial charge in [0.2, 0.25) is 0 Å². The summed E-state index contributed by atoms with van der Waals surface area (Å²) >= 11 is 5.86. The van der Waals surface area contributed by atoms with Crippen LogP contribution in [0.3, 0.4) is 0 Å². The molecule has 0 radical (unpaired) electrons. The summed E-state index contributed by atoms with van der Waals surface area (Å²) in [6.45, 7) is 0. The summed E-state index contributed by atoms with van der Waals surface area (Å²) in [7, 11) is 0. The Morgan fingerprint density at radius 2 is 2.18 bits per heavy atom. The van der Waals surface area contributed by atoms with E-state index >= 15 is 0 Å². The number of nitrogen functional groups attached to an aromatic ring is 1. The molecule has 6 heteroatoms. The van der Waals surface area contributed by atoms with Crippen molar-refractivity contribution in [3.05, 3.63) is 47.4 Å². The van der Waals surface area contributed by atoms with Gasteiger partial charge >= 0.3 is 0 Å². The average molecular weight is 249 g/mol. The van der Waals surface area contributed by atoms with Gasteiger partial charge in [-0.05, 0) is 24.3 Å². The van der Waals surface area contributed by atoms with E-state index in [1.54, 1.807) is 18.3 Å². The Bertz CT molecular complexity index is 544. The molecule has 0 fully saturated rings. The molecule has 0 aromatic carbocycles. The molecule has 0 aliphatic heterocycles. The van der Waals surface area contributed by atoms with Crippen molar-refractivity contribution in [2.75, 3.05) is 11.1 Å². The van der Waals surface area contributed by atoms with Crippen LogP contribution in [-0.2, 0) is 0 Å². The minimum Gasteiger partial charge on any atom is -0.384 e. The number of hydrogen-bond acceptors (Lipinski definition) is 4. The van der Waals surface area contributed by atoms with Crippen LogP contribution in [0.15, 0.2) is 36.7 Å². The number of nitrogens with two attached hydrogens (primary N) is 1. The number of nitrogens with zero attached hydrogens (tertiary/aromatic N) is 2. The summed E-state index contributed by atoms with van der Waals surface area (Å²) in [4.78, 5) is 19.6. The molecule has 3 N–H and O–H groups in total. The second-order valence-corrected chi connectivity index (χ2v) is 3.67. The van der Waals surface area contributed by atoms with Gasteiger partial charge in [-0.15, -0.1) is 0 Å². The first-order valence-corrected chi connectivity index (χ1v) is 5.18. The Labute approximate surface area is 103 Å². The molecule has 2 heterocycles. The molecule has 2 aromatic heterocycles. The minimum absolute atomic E-state index is 0.0931. The van der Waals surface area contributed by atoms with Gasteiger partial charge in [0.15, 0.2) is 0 Å². The largest absolute Gasteiger partial charge is 0.384 e. The van der Waals surface area contributed by atoms with Crippen molar-refractivity contribution in [1.82, 2.24) is 9.97 Å². The van der Waals surface area contributed by atoms with E-state index in [9.17, 15) is 4.79 Å². The number of carbonyl (C=O) groups is 1. The zero-order valence-corrected chi connectivity index (χ0v) is 9.48. The SMILES string of the molecule is Nc1ccc(Cl)c(C(=O)Nc2cccnc2)n1. The quantitative estimate of drug-likeness (QED) is 0.851. The Kier molecular flexibility index (Phi) is 3.20. The van der Waals surface area contributed by atoms with Gasteiger partial charge in [-0.25, -0.2) is 4.98 Å². The van der Waals surface area contributed by atoms with Gasteiger partial charge in [-0.1, -0.05) is 11.6 Å². The highest BCUT2D eigenvalue weighted by atomic mass is 35.5. The van der Waals surface area contributed by atoms with Crippen molar-refractivity contribution >= 4 is 29.0 Å². The fraction of sp³-hybridized carbons (Fsp3) is 0. The zero-order chi connectivity index (χ0) is 12.3. The number of nitrogens with one attached hydrogen (secondary N) is 1. The maximum atomic E-state index is 11.8. The van der Waals surface area contributed by atoms with Crippen LogP contribution in [0.4, 0.5) is 11.5 Å². The number of rotatable bonds is 2. The number of anilines is 2. The van der Waals surface area contributed by atoms with Crippen molar-refractivity contribution < 1.29 is 4.79 Å². The lowest BCUT2D eigenvalue weighted by Gasteiger charge is -2.05. The fourth-order valence-electron chi connectivity index (χ4n) is 1.24. The lowest BCUT2D eigenvalue weighted by Crippen LogP contribution is -2.15. The monoisotopic (exact) mass is 248 g/mol. The molecule has 86 valence electrons. The van der Waals surface area contributed by atoms with Crippen molar-refractivity contribution in [2.24, 2.45) is 0 Å². The normalized spacial score (nSPS) is 9.94. The molecule has 0 spiro atoms. The third-order valence-corrected chi connectivity index (χ3v) is 2.31. The number of carbonyl (C=O) groups excluding carboxylic acids is 1. The summed E-state index contributed by atoms with van der Waals surface area (Å²) in [5.41, 5.74) is 6.16. The van der Waals surface area contributed by atoms with E-state index in [-0.39, 0.29) is 16.5 Å². The van der Waals surface area contributed by atoms with E-state index in [2.05, 4.69) is 15.3 Å². The summed E-state index contributed by atoms with van der Waals surface area (Å²) < 4.78 is 0. The molecule has 0 saturated heterocycles. The molecule has 0 aliphatic carbocycles. The molecule has 0 atom stereocenters. The first-order chi connectivity index (χ1) is 8.16. The van der Waals surface area contributed by atoms with Gasteiger partial charge in [0, 0.05) is 6.20 Å². The van der Waals surface area contributed by atoms with Crippen molar-refractivity contribution in [3.8, 4) is 0 Å². The molecular weight excluding hydrogens is 240 g/mol. The lowest BCUT2D eigenvalue weighted by molar-refractivity contribution is 0.102. The van der Waals surface area contributed by atoms with E-state index in [0.29, 0.717) is 5.69 Å². The van der Waals surface area contributed by atoms with E-state index in [0.717, 1.165) is 0 Å². The van der Waals surface area contributed by atoms with Crippen molar-refractivity contribution in [3.63, 3.8) is 0 Å². The molecular formula is C11H9ClN4O. The number of amides is 1. The fourth-order valence-corrected chi connectivity index (χ4v) is 1.43. The summed E-state index contributed by atoms with van der Waals surface area (Å²) in [5, 5.41) is 2.87. The van der Waals surface area contributed by atoms with E-state index in [1.807, 2.05) is 0 Å². The average Bonchev–Trinajstić information content (AvgIpc) is 2.33. The summed E-state index contributed by atoms with van der Waals surface area (Å²) in [6, 6.07) is 6.49. The summed E-state index contributed by atoms with van der Waals surface area (Å²) in [6.07, 6.45) is 3.14. The second-order valence-electron chi connectivity index (χ2n) is 3.26. The maximum Gasteiger partial charge on any atom is 0.275 e. The van der Waals surface area contributed by atoms with Gasteiger partial charge in [0.05, 0.1) is 16.9 Å². The number of aromatic nitrogens is 2. The molecule has 5 nitrogen and oxygen atoms in total. The molecule has 2 rings (SSSR count). The molecule has 0 unspecified atom stereocenters. The van der Waals surface area contributed by atoms with Crippen LogP contribution < -0.4 is 11.1 Å². The van der Waals surface area contributed by atoms with Crippen LogP contribution in [0, 0.1) is 0 Å². The third-order valence-electron chi connectivity index (χ3n) is 2.00. The smallest absolute Gasteiger partial charge is 0.275 e. The number of halogens is 1. The molecule has 0 saturated carbocycles. The van der Waals surface area contributed by atoms with E-state index in [4.69, 9.17) is 17.3 Å². The molecule has 0 bridgehead atoms. The topological polar surface area (TPSA) is 80.9 Å². The van der Waals surface area contributed by atoms with Gasteiger partial charge in [-0.3, -0.25) is 9.78 Å². The first-order valence-electron chi connectivity index (χ1n) is 4.80. The molecule has 17 heavy (non-hydrogen) atoms. The lowest BCUT2D eigenvalue weighted by atomic mass is 10.3. The zero-order valence-electron chi connectivity index (χ0n) is 8.72. The first kappa shape index (κ1) is 11.3.